The Morgan fingerprint density at radius 2 is 1.88 bits per heavy atom. The third kappa shape index (κ3) is 3.04. The quantitative estimate of drug-likeness (QED) is 0.605. The summed E-state index contributed by atoms with van der Waals surface area (Å²) in [6, 6.07) is 0. The van der Waals surface area contributed by atoms with Gasteiger partial charge in [-0.3, -0.25) is 14.9 Å². The van der Waals surface area contributed by atoms with E-state index in [9.17, 15) is 19.8 Å². The molecule has 2 amide bonds. The fourth-order valence-electron chi connectivity index (χ4n) is 2.96. The Morgan fingerprint density at radius 3 is 2.41 bits per heavy atom. The average Bonchev–Trinajstić information content (AvgIpc) is 2.62. The summed E-state index contributed by atoms with van der Waals surface area (Å²) in [6.07, 6.45) is 2.50. The zero-order valence-electron chi connectivity index (χ0n) is 9.76. The maximum Gasteiger partial charge on any atom is 0.226 e. The van der Waals surface area contributed by atoms with Crippen LogP contribution in [0.5, 0.6) is 0 Å². The third-order valence-corrected chi connectivity index (χ3v) is 3.83. The van der Waals surface area contributed by atoms with Crippen LogP contribution < -0.4 is 5.32 Å². The third-order valence-electron chi connectivity index (χ3n) is 3.83. The van der Waals surface area contributed by atoms with Crippen LogP contribution >= 0.6 is 0 Å². The fourth-order valence-corrected chi connectivity index (χ4v) is 2.96. The minimum Gasteiger partial charge on any atom is -0.393 e. The molecule has 0 radical (unpaired) electrons. The monoisotopic (exact) mass is 241 g/mol. The molecule has 1 aliphatic carbocycles. The van der Waals surface area contributed by atoms with E-state index in [2.05, 4.69) is 5.32 Å². The van der Waals surface area contributed by atoms with Gasteiger partial charge in [-0.1, -0.05) is 6.42 Å². The van der Waals surface area contributed by atoms with Gasteiger partial charge in [-0.2, -0.15) is 0 Å². The van der Waals surface area contributed by atoms with Crippen molar-refractivity contribution < 1.29 is 19.8 Å². The molecule has 17 heavy (non-hydrogen) atoms. The molecule has 5 nitrogen and oxygen atoms in total. The van der Waals surface area contributed by atoms with Crippen LogP contribution in [-0.4, -0.2) is 34.2 Å². The molecule has 2 aliphatic rings. The lowest BCUT2D eigenvalue weighted by Crippen LogP contribution is -2.40. The minimum atomic E-state index is -0.601. The van der Waals surface area contributed by atoms with Crippen molar-refractivity contribution in [3.05, 3.63) is 0 Å². The van der Waals surface area contributed by atoms with Crippen LogP contribution in [0.1, 0.15) is 38.5 Å². The van der Waals surface area contributed by atoms with Gasteiger partial charge >= 0.3 is 0 Å². The van der Waals surface area contributed by atoms with Crippen molar-refractivity contribution in [3.8, 4) is 0 Å². The summed E-state index contributed by atoms with van der Waals surface area (Å²) in [6.45, 7) is 0. The van der Waals surface area contributed by atoms with Crippen molar-refractivity contribution in [1.29, 1.82) is 0 Å². The van der Waals surface area contributed by atoms with E-state index in [1.807, 2.05) is 0 Å². The molecule has 2 fully saturated rings. The molecule has 0 aromatic heterocycles. The fraction of sp³-hybridized carbons (Fsp3) is 0.833. The van der Waals surface area contributed by atoms with Gasteiger partial charge in [0.05, 0.1) is 12.2 Å². The molecule has 0 aromatic rings. The number of amides is 2. The van der Waals surface area contributed by atoms with Crippen molar-refractivity contribution in [2.75, 3.05) is 0 Å². The van der Waals surface area contributed by atoms with Gasteiger partial charge in [-0.05, 0) is 25.2 Å². The van der Waals surface area contributed by atoms with E-state index >= 15 is 0 Å². The van der Waals surface area contributed by atoms with Gasteiger partial charge in [0.15, 0.2) is 0 Å². The van der Waals surface area contributed by atoms with Gasteiger partial charge in [0.25, 0.3) is 0 Å². The van der Waals surface area contributed by atoms with Gasteiger partial charge in [-0.15, -0.1) is 0 Å². The first-order valence-electron chi connectivity index (χ1n) is 6.25. The standard InChI is InChI=1S/C12H19NO4/c14-9-3-1-2-8(9)10(15)4-7-5-11(16)13-12(17)6-7/h7-10,14-15H,1-6H2,(H,13,16,17)/t8-,9+,10-/m1/s1. The molecule has 5 heteroatoms. The number of carbonyl (C=O) groups excluding carboxylic acids is 2. The Bertz CT molecular complexity index is 302. The highest BCUT2D eigenvalue weighted by molar-refractivity contribution is 5.97. The Hall–Kier alpha value is -0.940. The Labute approximate surface area is 100 Å². The van der Waals surface area contributed by atoms with Crippen LogP contribution in [0.3, 0.4) is 0 Å². The molecular formula is C12H19NO4. The number of aliphatic hydroxyl groups is 2. The topological polar surface area (TPSA) is 86.6 Å². The van der Waals surface area contributed by atoms with Gasteiger partial charge in [0.1, 0.15) is 0 Å². The predicted octanol–water partition coefficient (Wildman–Crippen LogP) is -0.0488. The number of nitrogens with one attached hydrogen (secondary N) is 1. The van der Waals surface area contributed by atoms with Gasteiger partial charge in [-0.25, -0.2) is 0 Å². The number of aliphatic hydroxyl groups excluding tert-OH is 2. The van der Waals surface area contributed by atoms with Crippen molar-refractivity contribution in [1.82, 2.24) is 5.32 Å². The van der Waals surface area contributed by atoms with Crippen LogP contribution in [0.4, 0.5) is 0 Å². The first kappa shape index (κ1) is 12.5. The number of imide groups is 1. The SMILES string of the molecule is O=C1CC(C[C@@H](O)[C@@H]2CCC[C@@H]2O)CC(=O)N1. The second-order valence-electron chi connectivity index (χ2n) is 5.21. The van der Waals surface area contributed by atoms with E-state index in [1.54, 1.807) is 0 Å². The molecule has 3 atom stereocenters. The van der Waals surface area contributed by atoms with Crippen molar-refractivity contribution >= 4 is 11.8 Å². The lowest BCUT2D eigenvalue weighted by Gasteiger charge is -2.27. The van der Waals surface area contributed by atoms with E-state index in [1.165, 1.54) is 0 Å². The van der Waals surface area contributed by atoms with Crippen LogP contribution in [0.2, 0.25) is 0 Å². The number of piperidine rings is 1. The van der Waals surface area contributed by atoms with Crippen LogP contribution in [0, 0.1) is 11.8 Å². The molecule has 0 bridgehead atoms. The number of hydrogen-bond donors (Lipinski definition) is 3. The summed E-state index contributed by atoms with van der Waals surface area (Å²) in [5.41, 5.74) is 0. The van der Waals surface area contributed by atoms with Gasteiger partial charge in [0, 0.05) is 18.8 Å². The molecule has 1 heterocycles. The first-order valence-corrected chi connectivity index (χ1v) is 6.25. The van der Waals surface area contributed by atoms with E-state index < -0.39 is 12.2 Å². The maximum atomic E-state index is 11.2. The Morgan fingerprint density at radius 1 is 1.24 bits per heavy atom. The highest BCUT2D eigenvalue weighted by atomic mass is 16.3. The van der Waals surface area contributed by atoms with Crippen LogP contribution in [0.25, 0.3) is 0 Å². The summed E-state index contributed by atoms with van der Waals surface area (Å²) in [5.74, 6) is -0.690. The molecular weight excluding hydrogens is 222 g/mol. The van der Waals surface area contributed by atoms with E-state index in [4.69, 9.17) is 0 Å². The van der Waals surface area contributed by atoms with Crippen molar-refractivity contribution in [2.24, 2.45) is 11.8 Å². The predicted molar refractivity (Wildman–Crippen MR) is 59.8 cm³/mol. The summed E-state index contributed by atoms with van der Waals surface area (Å²) in [4.78, 5) is 22.4. The molecule has 2 rings (SSSR count). The second-order valence-corrected chi connectivity index (χ2v) is 5.21. The minimum absolute atomic E-state index is 0.0842. The molecule has 0 spiro atoms. The van der Waals surface area contributed by atoms with Crippen LogP contribution in [-0.2, 0) is 9.59 Å². The largest absolute Gasteiger partial charge is 0.393 e. The average molecular weight is 241 g/mol. The lowest BCUT2D eigenvalue weighted by molar-refractivity contribution is -0.135. The molecule has 0 unspecified atom stereocenters. The summed E-state index contributed by atoms with van der Waals surface area (Å²) in [7, 11) is 0. The normalized spacial score (nSPS) is 32.6. The molecule has 1 saturated carbocycles. The highest BCUT2D eigenvalue weighted by Gasteiger charge is 2.34. The Kier molecular flexibility index (Phi) is 3.79. The lowest BCUT2D eigenvalue weighted by atomic mass is 9.85. The van der Waals surface area contributed by atoms with Crippen molar-refractivity contribution in [2.45, 2.75) is 50.7 Å². The smallest absolute Gasteiger partial charge is 0.226 e. The number of carbonyl (C=O) groups is 2. The molecule has 1 saturated heterocycles. The molecule has 1 aliphatic heterocycles. The molecule has 3 N–H and O–H groups in total. The second kappa shape index (κ2) is 5.14. The zero-order chi connectivity index (χ0) is 12.4. The Balaban J connectivity index is 1.87. The summed E-state index contributed by atoms with van der Waals surface area (Å²) in [5, 5.41) is 22.0. The zero-order valence-corrected chi connectivity index (χ0v) is 9.76. The number of hydrogen-bond acceptors (Lipinski definition) is 4. The summed E-state index contributed by atoms with van der Waals surface area (Å²) >= 11 is 0. The summed E-state index contributed by atoms with van der Waals surface area (Å²) < 4.78 is 0. The highest BCUT2D eigenvalue weighted by Crippen LogP contribution is 2.32. The van der Waals surface area contributed by atoms with Crippen molar-refractivity contribution in [3.63, 3.8) is 0 Å². The molecule has 96 valence electrons. The van der Waals surface area contributed by atoms with Crippen LogP contribution in [0.15, 0.2) is 0 Å². The first-order chi connectivity index (χ1) is 8.06. The van der Waals surface area contributed by atoms with E-state index in [0.29, 0.717) is 19.3 Å². The maximum absolute atomic E-state index is 11.2. The van der Waals surface area contributed by atoms with E-state index in [-0.39, 0.29) is 23.7 Å². The molecule has 0 aromatic carbocycles. The number of rotatable bonds is 3. The van der Waals surface area contributed by atoms with Gasteiger partial charge < -0.3 is 10.2 Å². The van der Waals surface area contributed by atoms with E-state index in [0.717, 1.165) is 19.3 Å². The van der Waals surface area contributed by atoms with Gasteiger partial charge in [0.2, 0.25) is 11.8 Å².